The van der Waals surface area contributed by atoms with Crippen molar-refractivity contribution in [2.75, 3.05) is 12.4 Å². The second kappa shape index (κ2) is 6.84. The summed E-state index contributed by atoms with van der Waals surface area (Å²) in [5.41, 5.74) is 1.74. The van der Waals surface area contributed by atoms with Crippen LogP contribution in [0.4, 0.5) is 5.69 Å². The minimum atomic E-state index is -0.0631. The molecule has 0 saturated carbocycles. The van der Waals surface area contributed by atoms with Crippen LogP contribution in [0.3, 0.4) is 0 Å². The van der Waals surface area contributed by atoms with Crippen molar-refractivity contribution >= 4 is 34.2 Å². The minimum Gasteiger partial charge on any atom is -0.362 e. The lowest BCUT2D eigenvalue weighted by Crippen LogP contribution is -2.15. The highest BCUT2D eigenvalue weighted by Gasteiger charge is 2.08. The number of rotatable bonds is 6. The third-order valence-corrected chi connectivity index (χ3v) is 3.83. The Kier molecular flexibility index (Phi) is 5.12. The standard InChI is InChI=1S/C12H16IN5O2/c1-9-11(13)6-15-18(9)4-3-12(19)16-10-5-14-17(7-10)8-20-2/h5-7H,3-4,8H2,1-2H3,(H,16,19). The highest BCUT2D eigenvalue weighted by Crippen LogP contribution is 2.10. The number of nitrogens with one attached hydrogen (secondary N) is 1. The molecule has 0 spiro atoms. The van der Waals surface area contributed by atoms with Crippen molar-refractivity contribution in [1.82, 2.24) is 19.6 Å². The summed E-state index contributed by atoms with van der Waals surface area (Å²) in [4.78, 5) is 11.8. The van der Waals surface area contributed by atoms with Crippen LogP contribution in [0, 0.1) is 10.5 Å². The van der Waals surface area contributed by atoms with Gasteiger partial charge in [-0.05, 0) is 29.5 Å². The lowest BCUT2D eigenvalue weighted by molar-refractivity contribution is -0.116. The Balaban J connectivity index is 1.84. The molecule has 2 heterocycles. The molecule has 0 unspecified atom stereocenters. The predicted octanol–water partition coefficient (Wildman–Crippen LogP) is 1.63. The normalized spacial score (nSPS) is 10.8. The molecule has 2 rings (SSSR count). The van der Waals surface area contributed by atoms with Gasteiger partial charge in [-0.25, -0.2) is 4.68 Å². The zero-order valence-electron chi connectivity index (χ0n) is 11.3. The molecule has 0 radical (unpaired) electrons. The summed E-state index contributed by atoms with van der Waals surface area (Å²) >= 11 is 2.22. The van der Waals surface area contributed by atoms with E-state index in [-0.39, 0.29) is 5.91 Å². The van der Waals surface area contributed by atoms with Gasteiger partial charge < -0.3 is 10.1 Å². The SMILES string of the molecule is COCn1cc(NC(=O)CCn2ncc(I)c2C)cn1. The number of anilines is 1. The van der Waals surface area contributed by atoms with E-state index in [0.29, 0.717) is 25.4 Å². The zero-order valence-corrected chi connectivity index (χ0v) is 13.5. The monoisotopic (exact) mass is 389 g/mol. The molecule has 2 aromatic heterocycles. The van der Waals surface area contributed by atoms with Crippen molar-refractivity contribution in [2.45, 2.75) is 26.6 Å². The topological polar surface area (TPSA) is 74.0 Å². The third-order valence-electron chi connectivity index (χ3n) is 2.77. The molecular formula is C12H16IN5O2. The smallest absolute Gasteiger partial charge is 0.226 e. The Bertz CT molecular complexity index is 592. The van der Waals surface area contributed by atoms with Gasteiger partial charge in [0.05, 0.1) is 34.4 Å². The second-order valence-electron chi connectivity index (χ2n) is 4.29. The first-order valence-electron chi connectivity index (χ1n) is 6.09. The number of hydrogen-bond donors (Lipinski definition) is 1. The van der Waals surface area contributed by atoms with Crippen LogP contribution in [0.2, 0.25) is 0 Å². The third kappa shape index (κ3) is 3.79. The first-order chi connectivity index (χ1) is 9.60. The molecular weight excluding hydrogens is 373 g/mol. The van der Waals surface area contributed by atoms with E-state index < -0.39 is 0 Å². The number of carbonyl (C=O) groups is 1. The lowest BCUT2D eigenvalue weighted by Gasteiger charge is -2.05. The number of nitrogens with zero attached hydrogens (tertiary/aromatic N) is 4. The van der Waals surface area contributed by atoms with Gasteiger partial charge in [-0.3, -0.25) is 9.48 Å². The summed E-state index contributed by atoms with van der Waals surface area (Å²) in [5, 5.41) is 11.1. The Morgan fingerprint density at radius 2 is 2.25 bits per heavy atom. The van der Waals surface area contributed by atoms with Gasteiger partial charge >= 0.3 is 0 Å². The van der Waals surface area contributed by atoms with Gasteiger partial charge in [0.1, 0.15) is 6.73 Å². The molecule has 0 atom stereocenters. The van der Waals surface area contributed by atoms with Crippen LogP contribution in [-0.4, -0.2) is 32.6 Å². The van der Waals surface area contributed by atoms with E-state index >= 15 is 0 Å². The predicted molar refractivity (Wildman–Crippen MR) is 82.2 cm³/mol. The Morgan fingerprint density at radius 3 is 2.90 bits per heavy atom. The van der Waals surface area contributed by atoms with Gasteiger partial charge in [0, 0.05) is 19.2 Å². The molecule has 0 aliphatic heterocycles. The van der Waals surface area contributed by atoms with Crippen LogP contribution in [0.25, 0.3) is 0 Å². The number of aryl methyl sites for hydroxylation is 1. The van der Waals surface area contributed by atoms with Gasteiger partial charge in [-0.1, -0.05) is 0 Å². The van der Waals surface area contributed by atoms with E-state index in [1.165, 1.54) is 0 Å². The molecule has 0 bridgehead atoms. The number of halogens is 1. The molecule has 0 saturated heterocycles. The van der Waals surface area contributed by atoms with E-state index in [4.69, 9.17) is 4.74 Å². The van der Waals surface area contributed by atoms with Crippen LogP contribution in [0.5, 0.6) is 0 Å². The summed E-state index contributed by atoms with van der Waals surface area (Å²) in [6, 6.07) is 0. The van der Waals surface area contributed by atoms with Crippen LogP contribution < -0.4 is 5.32 Å². The molecule has 0 aliphatic carbocycles. The second-order valence-corrected chi connectivity index (χ2v) is 5.45. The molecule has 0 aliphatic rings. The van der Waals surface area contributed by atoms with E-state index in [1.54, 1.807) is 30.4 Å². The highest BCUT2D eigenvalue weighted by atomic mass is 127. The largest absolute Gasteiger partial charge is 0.362 e. The molecule has 7 nitrogen and oxygen atoms in total. The van der Waals surface area contributed by atoms with Gasteiger partial charge in [0.2, 0.25) is 5.91 Å². The van der Waals surface area contributed by atoms with Gasteiger partial charge in [-0.15, -0.1) is 0 Å². The van der Waals surface area contributed by atoms with Crippen LogP contribution in [0.15, 0.2) is 18.6 Å². The van der Waals surface area contributed by atoms with Crippen LogP contribution in [0.1, 0.15) is 12.1 Å². The maximum atomic E-state index is 11.8. The van der Waals surface area contributed by atoms with Crippen molar-refractivity contribution in [3.63, 3.8) is 0 Å². The van der Waals surface area contributed by atoms with E-state index in [9.17, 15) is 4.79 Å². The summed E-state index contributed by atoms with van der Waals surface area (Å²) in [6.07, 6.45) is 5.49. The average molecular weight is 389 g/mol. The average Bonchev–Trinajstić information content (AvgIpc) is 2.97. The summed E-state index contributed by atoms with van der Waals surface area (Å²) in [7, 11) is 1.59. The molecule has 1 N–H and O–H groups in total. The fraction of sp³-hybridized carbons (Fsp3) is 0.417. The summed E-state index contributed by atoms with van der Waals surface area (Å²) in [5.74, 6) is -0.0631. The van der Waals surface area contributed by atoms with E-state index in [2.05, 4.69) is 38.1 Å². The van der Waals surface area contributed by atoms with Crippen molar-refractivity contribution in [2.24, 2.45) is 0 Å². The number of carbonyl (C=O) groups excluding carboxylic acids is 1. The molecule has 0 fully saturated rings. The van der Waals surface area contributed by atoms with Crippen molar-refractivity contribution in [1.29, 1.82) is 0 Å². The number of methoxy groups -OCH3 is 1. The molecule has 108 valence electrons. The van der Waals surface area contributed by atoms with Crippen molar-refractivity contribution in [3.8, 4) is 0 Å². The highest BCUT2D eigenvalue weighted by molar-refractivity contribution is 14.1. The number of aromatic nitrogens is 4. The molecule has 1 amide bonds. The fourth-order valence-corrected chi connectivity index (χ4v) is 2.11. The fourth-order valence-electron chi connectivity index (χ4n) is 1.71. The Labute approximate surface area is 130 Å². The van der Waals surface area contributed by atoms with Crippen molar-refractivity contribution in [3.05, 3.63) is 27.9 Å². The summed E-state index contributed by atoms with van der Waals surface area (Å²) in [6.45, 7) is 2.91. The maximum Gasteiger partial charge on any atom is 0.226 e. The van der Waals surface area contributed by atoms with Gasteiger partial charge in [-0.2, -0.15) is 10.2 Å². The molecule has 0 aromatic carbocycles. The zero-order chi connectivity index (χ0) is 14.5. The van der Waals surface area contributed by atoms with Crippen LogP contribution >= 0.6 is 22.6 Å². The maximum absolute atomic E-state index is 11.8. The minimum absolute atomic E-state index is 0.0631. The molecule has 8 heteroatoms. The van der Waals surface area contributed by atoms with Crippen molar-refractivity contribution < 1.29 is 9.53 Å². The number of ether oxygens (including phenoxy) is 1. The van der Waals surface area contributed by atoms with E-state index in [1.807, 2.05) is 11.6 Å². The number of hydrogen-bond acceptors (Lipinski definition) is 4. The Morgan fingerprint density at radius 1 is 1.45 bits per heavy atom. The first-order valence-corrected chi connectivity index (χ1v) is 7.17. The lowest BCUT2D eigenvalue weighted by atomic mass is 10.3. The van der Waals surface area contributed by atoms with Gasteiger partial charge in [0.15, 0.2) is 0 Å². The first kappa shape index (κ1) is 15.0. The molecule has 20 heavy (non-hydrogen) atoms. The van der Waals surface area contributed by atoms with Crippen LogP contribution in [-0.2, 0) is 22.8 Å². The quantitative estimate of drug-likeness (QED) is 0.763. The van der Waals surface area contributed by atoms with E-state index in [0.717, 1.165) is 9.26 Å². The van der Waals surface area contributed by atoms with Gasteiger partial charge in [0.25, 0.3) is 0 Å². The molecule has 2 aromatic rings. The Hall–Kier alpha value is -1.42. The summed E-state index contributed by atoms with van der Waals surface area (Å²) < 4.78 is 9.48. The number of amides is 1.